The van der Waals surface area contributed by atoms with Gasteiger partial charge in [-0.15, -0.1) is 0 Å². The zero-order valence-corrected chi connectivity index (χ0v) is 14.9. The maximum absolute atomic E-state index is 12.0. The molecule has 0 aliphatic heterocycles. The van der Waals surface area contributed by atoms with E-state index in [4.69, 9.17) is 4.74 Å². The Labute approximate surface area is 147 Å². The number of ether oxygens (including phenoxy) is 1. The van der Waals surface area contributed by atoms with Crippen LogP contribution in [0, 0.1) is 0 Å². The van der Waals surface area contributed by atoms with Gasteiger partial charge in [0.05, 0.1) is 11.8 Å². The van der Waals surface area contributed by atoms with E-state index < -0.39 is 10.0 Å². The summed E-state index contributed by atoms with van der Waals surface area (Å²) in [5.41, 5.74) is 1.41. The van der Waals surface area contributed by atoms with Gasteiger partial charge in [0.25, 0.3) is 5.91 Å². The van der Waals surface area contributed by atoms with Crippen LogP contribution < -0.4 is 14.8 Å². The largest absolute Gasteiger partial charge is 0.470 e. The zero-order chi connectivity index (χ0) is 18.3. The van der Waals surface area contributed by atoms with E-state index >= 15 is 0 Å². The normalized spacial score (nSPS) is 12.4. The molecule has 7 nitrogen and oxygen atoms in total. The highest BCUT2D eigenvalue weighted by Crippen LogP contribution is 2.19. The number of pyridine rings is 1. The fraction of sp³-hybridized carbons (Fsp3) is 0.294. The standard InChI is InChI=1S/C17H21N3O4S/c1-13(14-6-4-3-5-7-14)24-16-9-8-15(12-19-16)17(21)18-10-11-20-25(2,22)23/h3-9,12-13,20H,10-11H2,1-2H3,(H,18,21)/t13-/m0/s1. The molecule has 0 spiro atoms. The average Bonchev–Trinajstić information content (AvgIpc) is 2.59. The SMILES string of the molecule is C[C@H](Oc1ccc(C(=O)NCCNS(C)(=O)=O)cn1)c1ccccc1. The minimum Gasteiger partial charge on any atom is -0.470 e. The molecular formula is C17H21N3O4S. The molecule has 25 heavy (non-hydrogen) atoms. The molecule has 0 aliphatic rings. The topological polar surface area (TPSA) is 97.4 Å². The Morgan fingerprint density at radius 2 is 1.88 bits per heavy atom. The van der Waals surface area contributed by atoms with Gasteiger partial charge < -0.3 is 10.1 Å². The summed E-state index contributed by atoms with van der Waals surface area (Å²) in [4.78, 5) is 16.1. The summed E-state index contributed by atoms with van der Waals surface area (Å²) in [6.45, 7) is 2.25. The Kier molecular flexibility index (Phi) is 6.49. The first kappa shape index (κ1) is 18.9. The minimum atomic E-state index is -3.26. The summed E-state index contributed by atoms with van der Waals surface area (Å²) < 4.78 is 29.9. The zero-order valence-electron chi connectivity index (χ0n) is 14.1. The highest BCUT2D eigenvalue weighted by atomic mass is 32.2. The number of carbonyl (C=O) groups excluding carboxylic acids is 1. The van der Waals surface area contributed by atoms with E-state index in [1.54, 1.807) is 12.1 Å². The van der Waals surface area contributed by atoms with Gasteiger partial charge in [0.2, 0.25) is 15.9 Å². The predicted molar refractivity (Wildman–Crippen MR) is 94.9 cm³/mol. The Bertz CT molecular complexity index is 792. The van der Waals surface area contributed by atoms with E-state index in [2.05, 4.69) is 15.0 Å². The lowest BCUT2D eigenvalue weighted by Gasteiger charge is -2.14. The summed E-state index contributed by atoms with van der Waals surface area (Å²) in [5.74, 6) is 0.0945. The third-order valence-electron chi connectivity index (χ3n) is 3.34. The van der Waals surface area contributed by atoms with Gasteiger partial charge in [0.1, 0.15) is 6.10 Å². The second-order valence-electron chi connectivity index (χ2n) is 5.48. The first-order valence-electron chi connectivity index (χ1n) is 7.75. The third kappa shape index (κ3) is 6.52. The van der Waals surface area contributed by atoms with Gasteiger partial charge in [0.15, 0.2) is 0 Å². The van der Waals surface area contributed by atoms with Crippen molar-refractivity contribution < 1.29 is 17.9 Å². The smallest absolute Gasteiger partial charge is 0.252 e. The summed E-state index contributed by atoms with van der Waals surface area (Å²) in [7, 11) is -3.26. The van der Waals surface area contributed by atoms with E-state index in [-0.39, 0.29) is 25.1 Å². The van der Waals surface area contributed by atoms with E-state index in [1.165, 1.54) is 6.20 Å². The predicted octanol–water partition coefficient (Wildman–Crippen LogP) is 1.50. The number of hydrogen-bond donors (Lipinski definition) is 2. The lowest BCUT2D eigenvalue weighted by molar-refractivity contribution is 0.0954. The molecule has 0 fully saturated rings. The average molecular weight is 363 g/mol. The highest BCUT2D eigenvalue weighted by Gasteiger charge is 2.10. The van der Waals surface area contributed by atoms with Gasteiger partial charge in [-0.25, -0.2) is 18.1 Å². The lowest BCUT2D eigenvalue weighted by atomic mass is 10.1. The fourth-order valence-electron chi connectivity index (χ4n) is 2.07. The Balaban J connectivity index is 1.85. The van der Waals surface area contributed by atoms with Crippen LogP contribution in [0.3, 0.4) is 0 Å². The molecule has 1 atom stereocenters. The molecule has 0 bridgehead atoms. The number of hydrogen-bond acceptors (Lipinski definition) is 5. The van der Waals surface area contributed by atoms with E-state index in [1.807, 2.05) is 37.3 Å². The molecular weight excluding hydrogens is 342 g/mol. The van der Waals surface area contributed by atoms with Gasteiger partial charge >= 0.3 is 0 Å². The van der Waals surface area contributed by atoms with Crippen LogP contribution in [0.1, 0.15) is 28.9 Å². The van der Waals surface area contributed by atoms with Crippen LogP contribution in [-0.4, -0.2) is 38.7 Å². The molecule has 2 rings (SSSR count). The summed E-state index contributed by atoms with van der Waals surface area (Å²) in [5, 5.41) is 2.61. The monoisotopic (exact) mass is 363 g/mol. The van der Waals surface area contributed by atoms with Crippen molar-refractivity contribution in [2.45, 2.75) is 13.0 Å². The number of benzene rings is 1. The summed E-state index contributed by atoms with van der Waals surface area (Å²) in [6.07, 6.45) is 2.33. The molecule has 0 saturated heterocycles. The van der Waals surface area contributed by atoms with Crippen molar-refractivity contribution >= 4 is 15.9 Å². The fourth-order valence-corrected chi connectivity index (χ4v) is 2.54. The number of aromatic nitrogens is 1. The van der Waals surface area contributed by atoms with Crippen molar-refractivity contribution in [1.29, 1.82) is 0 Å². The highest BCUT2D eigenvalue weighted by molar-refractivity contribution is 7.88. The van der Waals surface area contributed by atoms with Crippen LogP contribution in [0.2, 0.25) is 0 Å². The van der Waals surface area contributed by atoms with Crippen LogP contribution in [-0.2, 0) is 10.0 Å². The van der Waals surface area contributed by atoms with Crippen LogP contribution in [0.4, 0.5) is 0 Å². The molecule has 1 aromatic carbocycles. The van der Waals surface area contributed by atoms with Crippen LogP contribution in [0.15, 0.2) is 48.7 Å². The van der Waals surface area contributed by atoms with E-state index in [0.29, 0.717) is 11.4 Å². The van der Waals surface area contributed by atoms with Crippen molar-refractivity contribution in [3.63, 3.8) is 0 Å². The van der Waals surface area contributed by atoms with Gasteiger partial charge in [-0.05, 0) is 18.6 Å². The molecule has 2 N–H and O–H groups in total. The second-order valence-corrected chi connectivity index (χ2v) is 7.31. The van der Waals surface area contributed by atoms with E-state index in [9.17, 15) is 13.2 Å². The van der Waals surface area contributed by atoms with Crippen LogP contribution in [0.5, 0.6) is 5.88 Å². The maximum Gasteiger partial charge on any atom is 0.252 e. The van der Waals surface area contributed by atoms with Gasteiger partial charge in [-0.2, -0.15) is 0 Å². The Morgan fingerprint density at radius 3 is 2.48 bits per heavy atom. The van der Waals surface area contributed by atoms with Crippen molar-refractivity contribution in [3.8, 4) is 5.88 Å². The van der Waals surface area contributed by atoms with Crippen LogP contribution >= 0.6 is 0 Å². The van der Waals surface area contributed by atoms with E-state index in [0.717, 1.165) is 11.8 Å². The van der Waals surface area contributed by atoms with Crippen LogP contribution in [0.25, 0.3) is 0 Å². The summed E-state index contributed by atoms with van der Waals surface area (Å²) >= 11 is 0. The molecule has 0 saturated carbocycles. The maximum atomic E-state index is 12.0. The number of amides is 1. The van der Waals surface area contributed by atoms with Gasteiger partial charge in [0, 0.05) is 25.4 Å². The number of rotatable bonds is 8. The second kappa shape index (κ2) is 8.59. The van der Waals surface area contributed by atoms with Crippen molar-refractivity contribution in [3.05, 3.63) is 59.8 Å². The number of sulfonamides is 1. The molecule has 0 aliphatic carbocycles. The molecule has 1 heterocycles. The minimum absolute atomic E-state index is 0.133. The molecule has 2 aromatic rings. The molecule has 1 aromatic heterocycles. The number of nitrogens with zero attached hydrogens (tertiary/aromatic N) is 1. The number of nitrogens with one attached hydrogen (secondary N) is 2. The Morgan fingerprint density at radius 1 is 1.16 bits per heavy atom. The van der Waals surface area contributed by atoms with Gasteiger partial charge in [-0.3, -0.25) is 4.79 Å². The van der Waals surface area contributed by atoms with Gasteiger partial charge in [-0.1, -0.05) is 30.3 Å². The molecule has 0 radical (unpaired) electrons. The first-order chi connectivity index (χ1) is 11.8. The molecule has 1 amide bonds. The lowest BCUT2D eigenvalue weighted by Crippen LogP contribution is -2.34. The first-order valence-corrected chi connectivity index (χ1v) is 9.65. The third-order valence-corrected chi connectivity index (χ3v) is 4.07. The Hall–Kier alpha value is -2.45. The molecule has 0 unspecified atom stereocenters. The summed E-state index contributed by atoms with van der Waals surface area (Å²) in [6, 6.07) is 13.0. The van der Waals surface area contributed by atoms with Crippen molar-refractivity contribution in [1.82, 2.24) is 15.0 Å². The quantitative estimate of drug-likeness (QED) is 0.693. The van der Waals surface area contributed by atoms with Crippen molar-refractivity contribution in [2.75, 3.05) is 19.3 Å². The number of carbonyl (C=O) groups is 1. The molecule has 134 valence electrons. The molecule has 8 heteroatoms. The van der Waals surface area contributed by atoms with Crippen molar-refractivity contribution in [2.24, 2.45) is 0 Å².